The normalized spacial score (nSPS) is 10.6. The van der Waals surface area contributed by atoms with Gasteiger partial charge in [-0.25, -0.2) is 0 Å². The van der Waals surface area contributed by atoms with Crippen molar-refractivity contribution in [1.82, 2.24) is 0 Å². The molecule has 2 rings (SSSR count). The summed E-state index contributed by atoms with van der Waals surface area (Å²) in [7, 11) is 0. The Morgan fingerprint density at radius 1 is 1.24 bits per heavy atom. The minimum atomic E-state index is 0.0708. The van der Waals surface area contributed by atoms with Crippen molar-refractivity contribution < 1.29 is 4.79 Å². The van der Waals surface area contributed by atoms with Crippen molar-refractivity contribution in [2.45, 2.75) is 13.8 Å². The monoisotopic (exact) mass is 376 g/mol. The van der Waals surface area contributed by atoms with Crippen LogP contribution in [0.2, 0.25) is 5.02 Å². The van der Waals surface area contributed by atoms with E-state index in [2.05, 4.69) is 22.6 Å². The molecule has 1 nitrogen and oxygen atoms in total. The molecule has 0 saturated heterocycles. The summed E-state index contributed by atoms with van der Waals surface area (Å²) in [5, 5.41) is 2.60. The Morgan fingerprint density at radius 3 is 2.53 bits per heavy atom. The van der Waals surface area contributed by atoms with Gasteiger partial charge >= 0.3 is 0 Å². The summed E-state index contributed by atoms with van der Waals surface area (Å²) in [6.45, 7) is 3.83. The molecule has 0 unspecified atom stereocenters. The SMILES string of the molecule is Cc1cc(C(=O)c2csc(I)c2)c(C)cc1Cl. The summed E-state index contributed by atoms with van der Waals surface area (Å²) in [6, 6.07) is 5.63. The van der Waals surface area contributed by atoms with Gasteiger partial charge in [0.2, 0.25) is 0 Å². The summed E-state index contributed by atoms with van der Waals surface area (Å²) < 4.78 is 1.12. The first kappa shape index (κ1) is 13.1. The number of thiophene rings is 1. The number of aryl methyl sites for hydroxylation is 2. The molecule has 0 atom stereocenters. The molecule has 4 heteroatoms. The van der Waals surface area contributed by atoms with Crippen molar-refractivity contribution in [3.05, 3.63) is 53.7 Å². The lowest BCUT2D eigenvalue weighted by Gasteiger charge is -2.06. The molecule has 0 aliphatic heterocycles. The van der Waals surface area contributed by atoms with Gasteiger partial charge in [-0.05, 0) is 65.8 Å². The van der Waals surface area contributed by atoms with Gasteiger partial charge < -0.3 is 0 Å². The van der Waals surface area contributed by atoms with Crippen LogP contribution >= 0.6 is 45.5 Å². The van der Waals surface area contributed by atoms with Crippen LogP contribution < -0.4 is 0 Å². The van der Waals surface area contributed by atoms with Crippen LogP contribution in [0.5, 0.6) is 0 Å². The predicted molar refractivity (Wildman–Crippen MR) is 81.4 cm³/mol. The van der Waals surface area contributed by atoms with Crippen molar-refractivity contribution in [2.24, 2.45) is 0 Å². The van der Waals surface area contributed by atoms with Gasteiger partial charge in [-0.1, -0.05) is 11.6 Å². The number of carbonyl (C=O) groups is 1. The van der Waals surface area contributed by atoms with E-state index in [-0.39, 0.29) is 5.78 Å². The predicted octanol–water partition coefficient (Wildman–Crippen LogP) is 4.85. The first-order chi connectivity index (χ1) is 7.99. The molecule has 0 aliphatic carbocycles. The van der Waals surface area contributed by atoms with E-state index in [1.165, 1.54) is 0 Å². The van der Waals surface area contributed by atoms with Gasteiger partial charge in [-0.2, -0.15) is 0 Å². The molecule has 1 aromatic carbocycles. The number of hydrogen-bond acceptors (Lipinski definition) is 2. The van der Waals surface area contributed by atoms with Gasteiger partial charge in [0.05, 0.1) is 2.88 Å². The smallest absolute Gasteiger partial charge is 0.194 e. The van der Waals surface area contributed by atoms with Gasteiger partial charge in [0.1, 0.15) is 0 Å². The van der Waals surface area contributed by atoms with Crippen molar-refractivity contribution in [3.63, 3.8) is 0 Å². The molecule has 0 aliphatic rings. The average molecular weight is 377 g/mol. The van der Waals surface area contributed by atoms with Gasteiger partial charge in [0.15, 0.2) is 5.78 Å². The standard InChI is InChI=1S/C13H10ClIOS/c1-7-4-11(14)8(2)3-10(7)13(16)9-5-12(15)17-6-9/h3-6H,1-2H3. The summed E-state index contributed by atoms with van der Waals surface area (Å²) in [6.07, 6.45) is 0. The van der Waals surface area contributed by atoms with Crippen LogP contribution in [-0.4, -0.2) is 5.78 Å². The maximum Gasteiger partial charge on any atom is 0.194 e. The highest BCUT2D eigenvalue weighted by Crippen LogP contribution is 2.25. The number of carbonyl (C=O) groups excluding carboxylic acids is 1. The number of rotatable bonds is 2. The fourth-order valence-electron chi connectivity index (χ4n) is 1.61. The molecule has 0 amide bonds. The summed E-state index contributed by atoms with van der Waals surface area (Å²) in [5.74, 6) is 0.0708. The lowest BCUT2D eigenvalue weighted by molar-refractivity contribution is 0.103. The van der Waals surface area contributed by atoms with E-state index in [4.69, 9.17) is 11.6 Å². The van der Waals surface area contributed by atoms with E-state index >= 15 is 0 Å². The zero-order valence-electron chi connectivity index (χ0n) is 9.38. The van der Waals surface area contributed by atoms with Gasteiger partial charge in [-0.3, -0.25) is 4.79 Å². The molecule has 17 heavy (non-hydrogen) atoms. The van der Waals surface area contributed by atoms with Crippen molar-refractivity contribution in [1.29, 1.82) is 0 Å². The third kappa shape index (κ3) is 2.72. The quantitative estimate of drug-likeness (QED) is 0.541. The lowest BCUT2D eigenvalue weighted by atomic mass is 9.99. The first-order valence-corrected chi connectivity index (χ1v) is 7.38. The maximum absolute atomic E-state index is 12.3. The van der Waals surface area contributed by atoms with E-state index in [1.54, 1.807) is 11.3 Å². The minimum Gasteiger partial charge on any atom is -0.289 e. The highest BCUT2D eigenvalue weighted by molar-refractivity contribution is 14.1. The van der Waals surface area contributed by atoms with Crippen LogP contribution in [0, 0.1) is 16.7 Å². The zero-order valence-corrected chi connectivity index (χ0v) is 13.1. The molecular formula is C13H10ClIOS. The van der Waals surface area contributed by atoms with Crippen LogP contribution in [-0.2, 0) is 0 Å². The number of benzene rings is 1. The van der Waals surface area contributed by atoms with Crippen LogP contribution in [0.4, 0.5) is 0 Å². The van der Waals surface area contributed by atoms with E-state index in [9.17, 15) is 4.79 Å². The Morgan fingerprint density at radius 2 is 1.94 bits per heavy atom. The highest BCUT2D eigenvalue weighted by Gasteiger charge is 2.14. The van der Waals surface area contributed by atoms with Gasteiger partial charge in [0.25, 0.3) is 0 Å². The second-order valence-corrected chi connectivity index (χ2v) is 7.10. The Balaban J connectivity index is 2.47. The van der Waals surface area contributed by atoms with E-state index in [0.29, 0.717) is 5.02 Å². The van der Waals surface area contributed by atoms with Crippen LogP contribution in [0.3, 0.4) is 0 Å². The highest BCUT2D eigenvalue weighted by atomic mass is 127. The first-order valence-electron chi connectivity index (χ1n) is 5.04. The lowest BCUT2D eigenvalue weighted by Crippen LogP contribution is -2.03. The summed E-state index contributed by atoms with van der Waals surface area (Å²) >= 11 is 9.83. The Kier molecular flexibility index (Phi) is 3.90. The molecule has 0 spiro atoms. The van der Waals surface area contributed by atoms with Crippen LogP contribution in [0.15, 0.2) is 23.6 Å². The molecule has 0 fully saturated rings. The molecule has 1 heterocycles. The third-order valence-corrected chi connectivity index (χ3v) is 4.78. The molecular weight excluding hydrogens is 367 g/mol. The molecule has 0 saturated carbocycles. The van der Waals surface area contributed by atoms with Crippen molar-refractivity contribution in [3.8, 4) is 0 Å². The minimum absolute atomic E-state index is 0.0708. The Bertz CT molecular complexity index is 589. The zero-order chi connectivity index (χ0) is 12.6. The van der Waals surface area contributed by atoms with Crippen LogP contribution in [0.1, 0.15) is 27.0 Å². The average Bonchev–Trinajstić information content (AvgIpc) is 2.69. The third-order valence-electron chi connectivity index (χ3n) is 2.58. The topological polar surface area (TPSA) is 17.1 Å². The van der Waals surface area contributed by atoms with Crippen molar-refractivity contribution in [2.75, 3.05) is 0 Å². The van der Waals surface area contributed by atoms with Gasteiger partial charge in [-0.15, -0.1) is 11.3 Å². The second-order valence-electron chi connectivity index (χ2n) is 3.88. The second kappa shape index (κ2) is 5.08. The fraction of sp³-hybridized carbons (Fsp3) is 0.154. The fourth-order valence-corrected chi connectivity index (χ4v) is 3.15. The Labute approximate surface area is 123 Å². The molecule has 88 valence electrons. The Hall–Kier alpha value is -0.390. The molecule has 0 radical (unpaired) electrons. The number of hydrogen-bond donors (Lipinski definition) is 0. The molecule has 0 bridgehead atoms. The number of ketones is 1. The van der Waals surface area contributed by atoms with E-state index in [0.717, 1.165) is 25.1 Å². The van der Waals surface area contributed by atoms with Gasteiger partial charge in [0, 0.05) is 21.5 Å². The molecule has 1 aromatic heterocycles. The summed E-state index contributed by atoms with van der Waals surface area (Å²) in [5.41, 5.74) is 3.35. The van der Waals surface area contributed by atoms with Crippen molar-refractivity contribution >= 4 is 51.3 Å². The van der Waals surface area contributed by atoms with E-state index in [1.807, 2.05) is 37.4 Å². The molecule has 2 aromatic rings. The number of halogens is 2. The van der Waals surface area contributed by atoms with Crippen LogP contribution in [0.25, 0.3) is 0 Å². The molecule has 0 N–H and O–H groups in total. The van der Waals surface area contributed by atoms with E-state index < -0.39 is 0 Å². The summed E-state index contributed by atoms with van der Waals surface area (Å²) in [4.78, 5) is 12.3. The largest absolute Gasteiger partial charge is 0.289 e. The maximum atomic E-state index is 12.3.